The van der Waals surface area contributed by atoms with Gasteiger partial charge in [-0.2, -0.15) is 13.2 Å². The lowest BCUT2D eigenvalue weighted by Crippen LogP contribution is -2.56. The summed E-state index contributed by atoms with van der Waals surface area (Å²) in [5.41, 5.74) is 1.25. The monoisotopic (exact) mass is 574 g/mol. The van der Waals surface area contributed by atoms with Crippen molar-refractivity contribution in [2.24, 2.45) is 0 Å². The minimum Gasteiger partial charge on any atom is -0.339 e. The van der Waals surface area contributed by atoms with E-state index in [9.17, 15) is 27.2 Å². The van der Waals surface area contributed by atoms with E-state index in [-0.39, 0.29) is 42.5 Å². The van der Waals surface area contributed by atoms with Crippen molar-refractivity contribution in [1.82, 2.24) is 14.7 Å². The highest BCUT2D eigenvalue weighted by Crippen LogP contribution is 2.38. The van der Waals surface area contributed by atoms with Crippen molar-refractivity contribution in [3.05, 3.63) is 87.4 Å². The van der Waals surface area contributed by atoms with Crippen LogP contribution in [0, 0.1) is 5.82 Å². The van der Waals surface area contributed by atoms with Gasteiger partial charge in [0.25, 0.3) is 0 Å². The summed E-state index contributed by atoms with van der Waals surface area (Å²) in [6.45, 7) is 4.03. The van der Waals surface area contributed by atoms with Gasteiger partial charge < -0.3 is 15.1 Å². The molecule has 212 valence electrons. The molecule has 0 bridgehead atoms. The predicted octanol–water partition coefficient (Wildman–Crippen LogP) is 6.01. The third kappa shape index (κ3) is 6.15. The fourth-order valence-corrected chi connectivity index (χ4v) is 6.43. The molecule has 5 rings (SSSR count). The lowest BCUT2D eigenvalue weighted by molar-refractivity contribution is -0.137. The number of thiophene rings is 1. The average molecular weight is 575 g/mol. The summed E-state index contributed by atoms with van der Waals surface area (Å²) in [4.78, 5) is 32.8. The minimum absolute atomic E-state index is 0.0288. The number of benzene rings is 2. The van der Waals surface area contributed by atoms with E-state index in [1.54, 1.807) is 28.4 Å². The molecule has 0 unspecified atom stereocenters. The third-order valence-corrected chi connectivity index (χ3v) is 8.52. The van der Waals surface area contributed by atoms with E-state index >= 15 is 0 Å². The van der Waals surface area contributed by atoms with Gasteiger partial charge in [-0.25, -0.2) is 9.18 Å². The molecule has 2 aromatic carbocycles. The van der Waals surface area contributed by atoms with Crippen molar-refractivity contribution >= 4 is 29.0 Å². The summed E-state index contributed by atoms with van der Waals surface area (Å²) in [6.07, 6.45) is -3.34. The first-order valence-electron chi connectivity index (χ1n) is 13.2. The van der Waals surface area contributed by atoms with Gasteiger partial charge in [0.15, 0.2) is 0 Å². The van der Waals surface area contributed by atoms with E-state index in [0.717, 1.165) is 36.2 Å². The number of rotatable bonds is 5. The Morgan fingerprint density at radius 3 is 2.60 bits per heavy atom. The van der Waals surface area contributed by atoms with Crippen molar-refractivity contribution in [2.45, 2.75) is 38.0 Å². The standard InChI is InChI=1S/C29H30F4N4O2S/c1-19-18-36(13-14-37(19)28(39)34-23-7-3-5-21(17-23)29(31,32)33)26(38)9-12-35-11-8-25-24(10-15-40-25)27(35)20-4-2-6-22(30)16-20/h2-7,10,15-17,19,27H,8-9,11-14,18H2,1H3,(H,34,39)/t19-,27+/m1/s1. The molecule has 1 fully saturated rings. The Labute approximate surface area is 234 Å². The lowest BCUT2D eigenvalue weighted by Gasteiger charge is -2.40. The molecule has 1 saturated heterocycles. The maximum atomic E-state index is 14.1. The summed E-state index contributed by atoms with van der Waals surface area (Å²) in [5.74, 6) is -0.321. The Morgan fingerprint density at radius 1 is 1.05 bits per heavy atom. The first-order chi connectivity index (χ1) is 19.1. The van der Waals surface area contributed by atoms with Crippen molar-refractivity contribution in [3.8, 4) is 0 Å². The number of amides is 3. The molecule has 0 aliphatic carbocycles. The van der Waals surface area contributed by atoms with Crippen molar-refractivity contribution in [1.29, 1.82) is 0 Å². The molecule has 3 amide bonds. The number of carbonyl (C=O) groups is 2. The smallest absolute Gasteiger partial charge is 0.339 e. The second kappa shape index (κ2) is 11.6. The summed E-state index contributed by atoms with van der Waals surface area (Å²) < 4.78 is 53.1. The van der Waals surface area contributed by atoms with Gasteiger partial charge in [0.05, 0.1) is 11.6 Å². The van der Waals surface area contributed by atoms with Crippen LogP contribution in [0.5, 0.6) is 0 Å². The largest absolute Gasteiger partial charge is 0.416 e. The molecule has 3 heterocycles. The number of piperazine rings is 1. The van der Waals surface area contributed by atoms with Crippen molar-refractivity contribution in [3.63, 3.8) is 0 Å². The van der Waals surface area contributed by atoms with Crippen molar-refractivity contribution < 1.29 is 27.2 Å². The fraction of sp³-hybridized carbons (Fsp3) is 0.379. The van der Waals surface area contributed by atoms with Crippen LogP contribution in [0.3, 0.4) is 0 Å². The normalized spacial score (nSPS) is 19.8. The van der Waals surface area contributed by atoms with Gasteiger partial charge in [0.2, 0.25) is 5.91 Å². The van der Waals surface area contributed by atoms with Crippen LogP contribution in [-0.2, 0) is 17.4 Å². The fourth-order valence-electron chi connectivity index (χ4n) is 5.53. The lowest BCUT2D eigenvalue weighted by atomic mass is 9.93. The number of nitrogens with zero attached hydrogens (tertiary/aromatic N) is 3. The van der Waals surface area contributed by atoms with Gasteiger partial charge in [0, 0.05) is 55.8 Å². The highest BCUT2D eigenvalue weighted by atomic mass is 32.1. The quantitative estimate of drug-likeness (QED) is 0.380. The molecule has 3 aromatic rings. The molecule has 0 saturated carbocycles. The maximum absolute atomic E-state index is 14.1. The van der Waals surface area contributed by atoms with Crippen molar-refractivity contribution in [2.75, 3.05) is 38.0 Å². The highest BCUT2D eigenvalue weighted by molar-refractivity contribution is 7.10. The van der Waals surface area contributed by atoms with Crippen LogP contribution in [-0.4, -0.2) is 65.4 Å². The van der Waals surface area contributed by atoms with Gasteiger partial charge in [-0.15, -0.1) is 11.3 Å². The average Bonchev–Trinajstić information content (AvgIpc) is 3.40. The molecule has 1 N–H and O–H groups in total. The number of fused-ring (bicyclic) bond motifs is 1. The molecular formula is C29H30F4N4O2S. The molecule has 6 nitrogen and oxygen atoms in total. The number of hydrogen-bond acceptors (Lipinski definition) is 4. The van der Waals surface area contributed by atoms with Gasteiger partial charge >= 0.3 is 12.2 Å². The number of urea groups is 1. The van der Waals surface area contributed by atoms with Crippen LogP contribution >= 0.6 is 11.3 Å². The third-order valence-electron chi connectivity index (χ3n) is 7.53. The van der Waals surface area contributed by atoms with Crippen LogP contribution in [0.1, 0.15) is 41.0 Å². The number of carbonyl (C=O) groups excluding carboxylic acids is 2. The molecule has 2 atom stereocenters. The number of nitrogens with one attached hydrogen (secondary N) is 1. The molecule has 1 aromatic heterocycles. The summed E-state index contributed by atoms with van der Waals surface area (Å²) in [7, 11) is 0. The summed E-state index contributed by atoms with van der Waals surface area (Å²) in [6, 6.07) is 12.3. The minimum atomic E-state index is -4.50. The zero-order chi connectivity index (χ0) is 28.4. The van der Waals surface area contributed by atoms with E-state index in [2.05, 4.69) is 21.7 Å². The second-order valence-electron chi connectivity index (χ2n) is 10.2. The van der Waals surface area contributed by atoms with Gasteiger partial charge in [-0.05, 0) is 66.2 Å². The molecular weight excluding hydrogens is 544 g/mol. The van der Waals surface area contributed by atoms with Crippen LogP contribution in [0.4, 0.5) is 28.0 Å². The van der Waals surface area contributed by atoms with Crippen LogP contribution in [0.25, 0.3) is 0 Å². The predicted molar refractivity (Wildman–Crippen MR) is 146 cm³/mol. The van der Waals surface area contributed by atoms with E-state index in [1.807, 2.05) is 13.0 Å². The topological polar surface area (TPSA) is 55.9 Å². The van der Waals surface area contributed by atoms with Crippen LogP contribution in [0.2, 0.25) is 0 Å². The summed E-state index contributed by atoms with van der Waals surface area (Å²) >= 11 is 1.70. The Kier molecular flexibility index (Phi) is 8.14. The summed E-state index contributed by atoms with van der Waals surface area (Å²) in [5, 5.41) is 4.60. The first kappa shape index (κ1) is 28.1. The number of alkyl halides is 3. The van der Waals surface area contributed by atoms with E-state index in [4.69, 9.17) is 0 Å². The van der Waals surface area contributed by atoms with Gasteiger partial charge in [0.1, 0.15) is 5.82 Å². The Bertz CT molecular complexity index is 1380. The molecule has 0 spiro atoms. The number of anilines is 1. The molecule has 0 radical (unpaired) electrons. The molecule has 2 aliphatic rings. The molecule has 40 heavy (non-hydrogen) atoms. The van der Waals surface area contributed by atoms with Crippen LogP contribution in [0.15, 0.2) is 60.0 Å². The van der Waals surface area contributed by atoms with Crippen LogP contribution < -0.4 is 5.32 Å². The Hall–Kier alpha value is -3.44. The zero-order valence-electron chi connectivity index (χ0n) is 22.0. The molecule has 11 heteroatoms. The van der Waals surface area contributed by atoms with Gasteiger partial charge in [-0.1, -0.05) is 18.2 Å². The second-order valence-corrected chi connectivity index (χ2v) is 11.2. The molecule has 2 aliphatic heterocycles. The maximum Gasteiger partial charge on any atom is 0.416 e. The highest BCUT2D eigenvalue weighted by Gasteiger charge is 2.34. The SMILES string of the molecule is C[C@@H]1CN(C(=O)CCN2CCc3sccc3[C@@H]2c2cccc(F)c2)CCN1C(=O)Nc1cccc(C(F)(F)F)c1. The zero-order valence-corrected chi connectivity index (χ0v) is 22.8. The van der Waals surface area contributed by atoms with E-state index in [1.165, 1.54) is 28.0 Å². The Morgan fingerprint density at radius 2 is 1.85 bits per heavy atom. The number of halogens is 4. The van der Waals surface area contributed by atoms with E-state index in [0.29, 0.717) is 19.6 Å². The number of hydrogen-bond donors (Lipinski definition) is 1. The van der Waals surface area contributed by atoms with Gasteiger partial charge in [-0.3, -0.25) is 9.69 Å². The van der Waals surface area contributed by atoms with E-state index < -0.39 is 17.8 Å². The first-order valence-corrected chi connectivity index (χ1v) is 14.1. The Balaban J connectivity index is 1.18.